The zero-order chi connectivity index (χ0) is 15.0. The van der Waals surface area contributed by atoms with Crippen LogP contribution < -0.4 is 11.1 Å². The van der Waals surface area contributed by atoms with Crippen LogP contribution in [0, 0.1) is 0 Å². The number of carbonyl (C=O) groups excluding carboxylic acids is 2. The minimum Gasteiger partial charge on any atom is -0.480 e. The van der Waals surface area contributed by atoms with Gasteiger partial charge in [-0.1, -0.05) is 0 Å². The molecule has 0 radical (unpaired) electrons. The maximum absolute atomic E-state index is 11.8. The van der Waals surface area contributed by atoms with E-state index in [0.717, 1.165) is 5.75 Å². The van der Waals surface area contributed by atoms with E-state index in [1.165, 1.54) is 4.90 Å². The normalized spacial score (nSPS) is 13.4. The minimum atomic E-state index is -1.18. The third-order valence-electron chi connectivity index (χ3n) is 2.66. The second-order valence-corrected chi connectivity index (χ2v) is 5.17. The van der Waals surface area contributed by atoms with Crippen molar-refractivity contribution in [1.29, 1.82) is 0 Å². The van der Waals surface area contributed by atoms with Gasteiger partial charge in [0, 0.05) is 25.3 Å². The molecular formula is C11H21N3O4S. The van der Waals surface area contributed by atoms with Crippen LogP contribution in [0.15, 0.2) is 0 Å². The Morgan fingerprint density at radius 2 is 2.00 bits per heavy atom. The largest absolute Gasteiger partial charge is 0.480 e. The van der Waals surface area contributed by atoms with Crippen LogP contribution in [0.25, 0.3) is 0 Å². The number of aliphatic carboxylic acids is 1. The number of amides is 3. The molecule has 0 aromatic rings. The first kappa shape index (κ1) is 17.6. The summed E-state index contributed by atoms with van der Waals surface area (Å²) in [6.07, 6.45) is 1.83. The summed E-state index contributed by atoms with van der Waals surface area (Å²) < 4.78 is 0. The van der Waals surface area contributed by atoms with E-state index < -0.39 is 23.9 Å². The number of carbonyl (C=O) groups is 3. The predicted molar refractivity (Wildman–Crippen MR) is 74.0 cm³/mol. The number of carboxylic acids is 1. The van der Waals surface area contributed by atoms with E-state index in [1.807, 2.05) is 13.2 Å². The first-order valence-corrected chi connectivity index (χ1v) is 7.22. The Bertz CT molecular complexity index is 338. The van der Waals surface area contributed by atoms with Gasteiger partial charge in [-0.05, 0) is 19.6 Å². The Kier molecular flexibility index (Phi) is 7.97. The summed E-state index contributed by atoms with van der Waals surface area (Å²) >= 11 is 1.60. The molecule has 0 spiro atoms. The van der Waals surface area contributed by atoms with Gasteiger partial charge >= 0.3 is 12.0 Å². The standard InChI is InChI=1S/C11H21N3O4S/c1-7(6-19-3)14(2)11(18)13-8(10(16)17)4-5-9(12)15/h7-8H,4-6H2,1-3H3,(H2,12,15)(H,13,18)(H,16,17)/t7?,8-/m0/s1. The molecule has 0 aliphatic rings. The molecule has 0 aromatic heterocycles. The number of primary amides is 1. The summed E-state index contributed by atoms with van der Waals surface area (Å²) in [5, 5.41) is 11.4. The average Bonchev–Trinajstić information content (AvgIpc) is 2.32. The Morgan fingerprint density at radius 3 is 2.42 bits per heavy atom. The first-order chi connectivity index (χ1) is 8.79. The lowest BCUT2D eigenvalue weighted by Crippen LogP contribution is -2.49. The number of hydrogen-bond acceptors (Lipinski definition) is 4. The van der Waals surface area contributed by atoms with Gasteiger partial charge in [0.15, 0.2) is 0 Å². The summed E-state index contributed by atoms with van der Waals surface area (Å²) in [5.74, 6) is -1.02. The third-order valence-corrected chi connectivity index (χ3v) is 3.48. The molecule has 0 aromatic carbocycles. The number of nitrogens with zero attached hydrogens (tertiary/aromatic N) is 1. The quantitative estimate of drug-likeness (QED) is 0.587. The van der Waals surface area contributed by atoms with Gasteiger partial charge in [0.1, 0.15) is 6.04 Å². The monoisotopic (exact) mass is 291 g/mol. The molecule has 0 saturated heterocycles. The third kappa shape index (κ3) is 6.90. The molecule has 3 amide bonds. The molecule has 2 atom stereocenters. The zero-order valence-electron chi connectivity index (χ0n) is 11.4. The van der Waals surface area contributed by atoms with Gasteiger partial charge in [0.25, 0.3) is 0 Å². The highest BCUT2D eigenvalue weighted by atomic mass is 32.2. The fraction of sp³-hybridized carbons (Fsp3) is 0.727. The van der Waals surface area contributed by atoms with E-state index >= 15 is 0 Å². The van der Waals surface area contributed by atoms with Crippen LogP contribution >= 0.6 is 11.8 Å². The van der Waals surface area contributed by atoms with Crippen LogP contribution in [0.5, 0.6) is 0 Å². The maximum atomic E-state index is 11.8. The Hall–Kier alpha value is -1.44. The van der Waals surface area contributed by atoms with Crippen LogP contribution in [-0.4, -0.2) is 59.1 Å². The number of hydrogen-bond donors (Lipinski definition) is 3. The lowest BCUT2D eigenvalue weighted by molar-refractivity contribution is -0.139. The SMILES string of the molecule is CSCC(C)N(C)C(=O)N[C@@H](CCC(N)=O)C(=O)O. The first-order valence-electron chi connectivity index (χ1n) is 5.83. The second kappa shape index (κ2) is 8.63. The number of rotatable bonds is 8. The summed E-state index contributed by atoms with van der Waals surface area (Å²) in [6.45, 7) is 1.87. The predicted octanol–water partition coefficient (Wildman–Crippen LogP) is 0.0980. The lowest BCUT2D eigenvalue weighted by Gasteiger charge is -2.26. The van der Waals surface area contributed by atoms with Crippen molar-refractivity contribution in [2.24, 2.45) is 5.73 Å². The van der Waals surface area contributed by atoms with Gasteiger partial charge in [0.2, 0.25) is 5.91 Å². The van der Waals surface area contributed by atoms with E-state index in [-0.39, 0.29) is 18.9 Å². The second-order valence-electron chi connectivity index (χ2n) is 4.26. The van der Waals surface area contributed by atoms with E-state index in [0.29, 0.717) is 0 Å². The van der Waals surface area contributed by atoms with Crippen molar-refractivity contribution < 1.29 is 19.5 Å². The van der Waals surface area contributed by atoms with Crippen LogP contribution in [0.2, 0.25) is 0 Å². The molecule has 1 unspecified atom stereocenters. The van der Waals surface area contributed by atoms with Crippen LogP contribution in [0.1, 0.15) is 19.8 Å². The number of carboxylic acid groups (broad SMARTS) is 1. The number of thioether (sulfide) groups is 1. The molecule has 0 bridgehead atoms. The highest BCUT2D eigenvalue weighted by Crippen LogP contribution is 2.05. The van der Waals surface area contributed by atoms with E-state index in [4.69, 9.17) is 10.8 Å². The Labute approximate surface area is 116 Å². The smallest absolute Gasteiger partial charge is 0.326 e. The minimum absolute atomic E-state index is 0.0127. The molecule has 7 nitrogen and oxygen atoms in total. The summed E-state index contributed by atoms with van der Waals surface area (Å²) in [6, 6.07) is -1.59. The summed E-state index contributed by atoms with van der Waals surface area (Å²) in [4.78, 5) is 34.9. The fourth-order valence-corrected chi connectivity index (χ4v) is 2.05. The summed E-state index contributed by atoms with van der Waals surface area (Å²) in [7, 11) is 1.60. The Morgan fingerprint density at radius 1 is 1.42 bits per heavy atom. The topological polar surface area (TPSA) is 113 Å². The van der Waals surface area contributed by atoms with Gasteiger partial charge in [0.05, 0.1) is 0 Å². The molecule has 0 heterocycles. The van der Waals surface area contributed by atoms with Crippen molar-refractivity contribution in [2.75, 3.05) is 19.1 Å². The van der Waals surface area contributed by atoms with E-state index in [2.05, 4.69) is 5.32 Å². The molecule has 4 N–H and O–H groups in total. The molecule has 0 aliphatic heterocycles. The van der Waals surface area contributed by atoms with Crippen molar-refractivity contribution in [3.63, 3.8) is 0 Å². The Balaban J connectivity index is 4.45. The molecular weight excluding hydrogens is 270 g/mol. The van der Waals surface area contributed by atoms with E-state index in [9.17, 15) is 14.4 Å². The molecule has 0 saturated carbocycles. The van der Waals surface area contributed by atoms with Crippen molar-refractivity contribution >= 4 is 29.7 Å². The summed E-state index contributed by atoms with van der Waals surface area (Å²) in [5.41, 5.74) is 4.96. The fourth-order valence-electron chi connectivity index (χ4n) is 1.35. The van der Waals surface area contributed by atoms with E-state index in [1.54, 1.807) is 18.8 Å². The molecule has 8 heteroatoms. The molecule has 0 aliphatic carbocycles. The van der Waals surface area contributed by atoms with Crippen molar-refractivity contribution in [3.8, 4) is 0 Å². The maximum Gasteiger partial charge on any atom is 0.326 e. The van der Waals surface area contributed by atoms with Crippen LogP contribution in [-0.2, 0) is 9.59 Å². The van der Waals surface area contributed by atoms with Gasteiger partial charge in [-0.25, -0.2) is 9.59 Å². The average molecular weight is 291 g/mol. The molecule has 0 fully saturated rings. The highest BCUT2D eigenvalue weighted by Gasteiger charge is 2.23. The lowest BCUT2D eigenvalue weighted by atomic mass is 10.1. The number of nitrogens with one attached hydrogen (secondary N) is 1. The van der Waals surface area contributed by atoms with Crippen LogP contribution in [0.4, 0.5) is 4.79 Å². The van der Waals surface area contributed by atoms with Gasteiger partial charge in [-0.15, -0.1) is 0 Å². The van der Waals surface area contributed by atoms with Crippen LogP contribution in [0.3, 0.4) is 0 Å². The van der Waals surface area contributed by atoms with Gasteiger partial charge in [-0.3, -0.25) is 4.79 Å². The number of urea groups is 1. The van der Waals surface area contributed by atoms with Crippen molar-refractivity contribution in [1.82, 2.24) is 10.2 Å². The molecule has 19 heavy (non-hydrogen) atoms. The number of nitrogens with two attached hydrogens (primary N) is 1. The van der Waals surface area contributed by atoms with Gasteiger partial charge in [-0.2, -0.15) is 11.8 Å². The molecule has 0 rings (SSSR count). The molecule has 110 valence electrons. The van der Waals surface area contributed by atoms with Crippen molar-refractivity contribution in [3.05, 3.63) is 0 Å². The van der Waals surface area contributed by atoms with Crippen molar-refractivity contribution in [2.45, 2.75) is 31.8 Å². The van der Waals surface area contributed by atoms with Gasteiger partial charge < -0.3 is 21.1 Å². The zero-order valence-corrected chi connectivity index (χ0v) is 12.2. The highest BCUT2D eigenvalue weighted by molar-refractivity contribution is 7.98.